The molecule has 0 spiro atoms. The largest absolute Gasteiger partial charge is 0.520 e. The molecule has 0 radical (unpaired) electrons. The lowest BCUT2D eigenvalue weighted by Crippen LogP contribution is -2.58. The van der Waals surface area contributed by atoms with Gasteiger partial charge in [-0.3, -0.25) is 0 Å². The molecule has 0 heterocycles. The molecule has 0 rings (SSSR count). The molecule has 0 fully saturated rings. The molecule has 2 amide bonds. The van der Waals surface area contributed by atoms with Crippen LogP contribution in [0.3, 0.4) is 0 Å². The van der Waals surface area contributed by atoms with Crippen LogP contribution in [0.25, 0.3) is 0 Å². The van der Waals surface area contributed by atoms with E-state index in [4.69, 9.17) is 26.6 Å². The van der Waals surface area contributed by atoms with E-state index in [1.54, 1.807) is 7.05 Å². The molecular formula is C10H26N2O7Si2. The zero-order valence-corrected chi connectivity index (χ0v) is 15.7. The van der Waals surface area contributed by atoms with Gasteiger partial charge in [0.15, 0.2) is 0 Å². The van der Waals surface area contributed by atoms with Crippen LogP contribution in [0.5, 0.6) is 0 Å². The summed E-state index contributed by atoms with van der Waals surface area (Å²) < 4.78 is 31.5. The molecule has 0 unspecified atom stereocenters. The number of hydrogen-bond acceptors (Lipinski definition) is 7. The molecule has 0 aromatic heterocycles. The third kappa shape index (κ3) is 5.63. The second kappa shape index (κ2) is 9.47. The Morgan fingerprint density at radius 1 is 0.857 bits per heavy atom. The highest BCUT2D eigenvalue weighted by atomic mass is 28.4. The van der Waals surface area contributed by atoms with Crippen molar-refractivity contribution in [3.05, 3.63) is 0 Å². The molecule has 0 saturated carbocycles. The lowest BCUT2D eigenvalue weighted by molar-refractivity contribution is 0.108. The molecule has 21 heavy (non-hydrogen) atoms. The van der Waals surface area contributed by atoms with E-state index in [1.165, 1.54) is 47.6 Å². The second-order valence-corrected chi connectivity index (χ2v) is 9.96. The monoisotopic (exact) mass is 342 g/mol. The standard InChI is InChI=1S/C10H26N2O7Si2/c1-12(9-21(17-5,18-6)19-7)10(13)11-8-20(14-2,15-3)16-4/h8-9H2,1-7H3,(H,11,13). The molecular weight excluding hydrogens is 316 g/mol. The molecule has 1 N–H and O–H groups in total. The molecule has 0 atom stereocenters. The minimum Gasteiger partial charge on any atom is -0.376 e. The summed E-state index contributed by atoms with van der Waals surface area (Å²) in [6, 6.07) is -0.332. The van der Waals surface area contributed by atoms with Crippen molar-refractivity contribution in [2.24, 2.45) is 0 Å². The van der Waals surface area contributed by atoms with Gasteiger partial charge in [0, 0.05) is 49.7 Å². The van der Waals surface area contributed by atoms with Crippen LogP contribution in [0, 0.1) is 0 Å². The van der Waals surface area contributed by atoms with Crippen LogP contribution in [0.2, 0.25) is 0 Å². The summed E-state index contributed by atoms with van der Waals surface area (Å²) in [4.78, 5) is 13.5. The Bertz CT molecular complexity index is 297. The van der Waals surface area contributed by atoms with Gasteiger partial charge in [-0.15, -0.1) is 0 Å². The van der Waals surface area contributed by atoms with E-state index in [2.05, 4.69) is 5.32 Å². The van der Waals surface area contributed by atoms with Crippen LogP contribution in [-0.4, -0.2) is 90.6 Å². The number of carbonyl (C=O) groups excluding carboxylic acids is 1. The SMILES string of the molecule is CO[Si](CNC(=O)N(C)C[Si](OC)(OC)OC)(OC)OC. The van der Waals surface area contributed by atoms with Crippen molar-refractivity contribution in [1.82, 2.24) is 10.2 Å². The predicted octanol–water partition coefficient (Wildman–Crippen LogP) is -0.538. The molecule has 0 aliphatic heterocycles. The van der Waals surface area contributed by atoms with Gasteiger partial charge in [0.25, 0.3) is 0 Å². The molecule has 0 aliphatic rings. The minimum atomic E-state index is -2.86. The summed E-state index contributed by atoms with van der Waals surface area (Å²) in [5.41, 5.74) is 0. The van der Waals surface area contributed by atoms with E-state index in [0.29, 0.717) is 0 Å². The Kier molecular flexibility index (Phi) is 9.23. The lowest BCUT2D eigenvalue weighted by Gasteiger charge is -2.30. The zero-order chi connectivity index (χ0) is 16.5. The normalized spacial score (nSPS) is 12.3. The number of rotatable bonds is 10. The fourth-order valence-electron chi connectivity index (χ4n) is 1.59. The Hall–Kier alpha value is -0.536. The summed E-state index contributed by atoms with van der Waals surface area (Å²) in [5.74, 6) is 0. The molecule has 9 nitrogen and oxygen atoms in total. The van der Waals surface area contributed by atoms with Crippen molar-refractivity contribution in [1.29, 1.82) is 0 Å². The maximum atomic E-state index is 12.1. The van der Waals surface area contributed by atoms with E-state index >= 15 is 0 Å². The van der Waals surface area contributed by atoms with Gasteiger partial charge in [-0.1, -0.05) is 0 Å². The predicted molar refractivity (Wildman–Crippen MR) is 79.6 cm³/mol. The Morgan fingerprint density at radius 2 is 1.24 bits per heavy atom. The van der Waals surface area contributed by atoms with Crippen molar-refractivity contribution in [3.63, 3.8) is 0 Å². The third-order valence-electron chi connectivity index (χ3n) is 3.10. The van der Waals surface area contributed by atoms with Gasteiger partial charge in [-0.2, -0.15) is 0 Å². The smallest absolute Gasteiger partial charge is 0.376 e. The van der Waals surface area contributed by atoms with E-state index in [-0.39, 0.29) is 18.4 Å². The van der Waals surface area contributed by atoms with Gasteiger partial charge < -0.3 is 36.8 Å². The van der Waals surface area contributed by atoms with Gasteiger partial charge in [0.2, 0.25) is 0 Å². The fourth-order valence-corrected chi connectivity index (χ4v) is 4.50. The van der Waals surface area contributed by atoms with E-state index in [0.717, 1.165) is 0 Å². The Morgan fingerprint density at radius 3 is 1.57 bits per heavy atom. The van der Waals surface area contributed by atoms with Gasteiger partial charge in [-0.25, -0.2) is 4.79 Å². The van der Waals surface area contributed by atoms with Crippen molar-refractivity contribution < 1.29 is 31.4 Å². The van der Waals surface area contributed by atoms with Crippen molar-refractivity contribution in [2.45, 2.75) is 0 Å². The Labute approximate surface area is 128 Å². The average Bonchev–Trinajstić information content (AvgIpc) is 2.54. The first-order valence-electron chi connectivity index (χ1n) is 6.18. The first-order chi connectivity index (χ1) is 9.88. The quantitative estimate of drug-likeness (QED) is 0.534. The highest BCUT2D eigenvalue weighted by Crippen LogP contribution is 2.08. The number of hydrogen-bond donors (Lipinski definition) is 1. The molecule has 0 aliphatic carbocycles. The lowest BCUT2D eigenvalue weighted by atomic mass is 10.8. The fraction of sp³-hybridized carbons (Fsp3) is 0.900. The summed E-state index contributed by atoms with van der Waals surface area (Å²) in [5, 5.41) is 2.70. The number of carbonyl (C=O) groups is 1. The van der Waals surface area contributed by atoms with Crippen LogP contribution in [-0.2, 0) is 26.6 Å². The third-order valence-corrected chi connectivity index (χ3v) is 8.30. The minimum absolute atomic E-state index is 0.154. The summed E-state index contributed by atoms with van der Waals surface area (Å²) in [6.45, 7) is 0. The van der Waals surface area contributed by atoms with Crippen LogP contribution in [0.4, 0.5) is 4.79 Å². The summed E-state index contributed by atoms with van der Waals surface area (Å²) >= 11 is 0. The van der Waals surface area contributed by atoms with Gasteiger partial charge in [-0.05, 0) is 0 Å². The van der Waals surface area contributed by atoms with E-state index in [1.807, 2.05) is 0 Å². The number of urea groups is 1. The maximum absolute atomic E-state index is 12.1. The highest BCUT2D eigenvalue weighted by Gasteiger charge is 2.42. The molecule has 0 aromatic carbocycles. The number of amides is 2. The van der Waals surface area contributed by atoms with Crippen LogP contribution in [0.1, 0.15) is 0 Å². The van der Waals surface area contributed by atoms with E-state index < -0.39 is 17.6 Å². The molecule has 0 aromatic rings. The van der Waals surface area contributed by atoms with Crippen molar-refractivity contribution in [2.75, 3.05) is 62.0 Å². The average molecular weight is 342 g/mol. The number of nitrogens with one attached hydrogen (secondary N) is 1. The summed E-state index contributed by atoms with van der Waals surface area (Å²) in [6.07, 6.45) is 0.366. The van der Waals surface area contributed by atoms with Gasteiger partial charge in [0.1, 0.15) is 0 Å². The molecule has 11 heteroatoms. The first kappa shape index (κ1) is 20.5. The molecule has 126 valence electrons. The number of nitrogens with zero attached hydrogens (tertiary/aromatic N) is 1. The first-order valence-corrected chi connectivity index (χ1v) is 10.0. The highest BCUT2D eigenvalue weighted by molar-refractivity contribution is 6.61. The zero-order valence-electron chi connectivity index (χ0n) is 13.7. The molecule has 0 saturated heterocycles. The molecule has 0 bridgehead atoms. The van der Waals surface area contributed by atoms with Crippen LogP contribution >= 0.6 is 0 Å². The van der Waals surface area contributed by atoms with Gasteiger partial charge in [0.05, 0.1) is 12.3 Å². The second-order valence-electron chi connectivity index (χ2n) is 4.11. The van der Waals surface area contributed by atoms with Crippen molar-refractivity contribution in [3.8, 4) is 0 Å². The Balaban J connectivity index is 4.59. The van der Waals surface area contributed by atoms with Gasteiger partial charge >= 0.3 is 23.6 Å². The maximum Gasteiger partial charge on any atom is 0.520 e. The van der Waals surface area contributed by atoms with Crippen LogP contribution < -0.4 is 5.32 Å². The van der Waals surface area contributed by atoms with Crippen molar-refractivity contribution >= 4 is 23.6 Å². The topological polar surface area (TPSA) is 87.7 Å². The summed E-state index contributed by atoms with van der Waals surface area (Å²) in [7, 11) is 4.81. The van der Waals surface area contributed by atoms with E-state index in [9.17, 15) is 4.79 Å². The van der Waals surface area contributed by atoms with Crippen LogP contribution in [0.15, 0.2) is 0 Å².